The minimum Gasteiger partial charge on any atom is -0.383 e. The summed E-state index contributed by atoms with van der Waals surface area (Å²) in [6.07, 6.45) is 1.64. The molecular weight excluding hydrogens is 238 g/mol. The Labute approximate surface area is 112 Å². The van der Waals surface area contributed by atoms with Crippen molar-refractivity contribution in [3.63, 3.8) is 0 Å². The lowest BCUT2D eigenvalue weighted by molar-refractivity contribution is 0.0963. The second-order valence-corrected chi connectivity index (χ2v) is 4.51. The first kappa shape index (κ1) is 13.2. The lowest BCUT2D eigenvalue weighted by Gasteiger charge is -2.15. The zero-order valence-electron chi connectivity index (χ0n) is 10.8. The molecule has 0 aliphatic rings. The molecule has 4 N–H and O–H groups in total. The van der Waals surface area contributed by atoms with Gasteiger partial charge in [-0.2, -0.15) is 0 Å². The number of rotatable bonds is 4. The van der Waals surface area contributed by atoms with Crippen LogP contribution in [0.25, 0.3) is 0 Å². The summed E-state index contributed by atoms with van der Waals surface area (Å²) in [5.41, 5.74) is 13.8. The van der Waals surface area contributed by atoms with Crippen LogP contribution in [0.2, 0.25) is 0 Å². The molecule has 0 radical (unpaired) electrons. The number of hydrogen-bond acceptors (Lipinski definition) is 4. The highest BCUT2D eigenvalue weighted by Crippen LogP contribution is 2.22. The number of carbonyl (C=O) groups is 1. The average Bonchev–Trinajstić information content (AvgIpc) is 2.43. The second kappa shape index (κ2) is 5.63. The van der Waals surface area contributed by atoms with Gasteiger partial charge < -0.3 is 11.5 Å². The fourth-order valence-corrected chi connectivity index (χ4v) is 2.04. The van der Waals surface area contributed by atoms with Crippen LogP contribution < -0.4 is 11.5 Å². The highest BCUT2D eigenvalue weighted by Gasteiger charge is 2.22. The molecule has 1 heterocycles. The van der Waals surface area contributed by atoms with E-state index in [9.17, 15) is 4.79 Å². The van der Waals surface area contributed by atoms with Crippen molar-refractivity contribution in [1.29, 1.82) is 0 Å². The van der Waals surface area contributed by atoms with Gasteiger partial charge in [-0.15, -0.1) is 0 Å². The summed E-state index contributed by atoms with van der Waals surface area (Å²) in [6, 6.07) is 11.2. The van der Waals surface area contributed by atoms with Gasteiger partial charge in [0.25, 0.3) is 0 Å². The lowest BCUT2D eigenvalue weighted by Crippen LogP contribution is -2.23. The number of aryl methyl sites for hydroxylation is 1. The number of Topliss-reactive ketones (excluding diaryl/α,β-unsaturated/α-hetero) is 1. The molecule has 19 heavy (non-hydrogen) atoms. The van der Waals surface area contributed by atoms with Crippen molar-refractivity contribution in [3.05, 3.63) is 59.3 Å². The van der Waals surface area contributed by atoms with Crippen LogP contribution in [0.4, 0.5) is 5.82 Å². The quantitative estimate of drug-likeness (QED) is 0.817. The maximum atomic E-state index is 12.5. The van der Waals surface area contributed by atoms with E-state index in [2.05, 4.69) is 4.98 Å². The molecule has 1 atom stereocenters. The van der Waals surface area contributed by atoms with E-state index >= 15 is 0 Å². The highest BCUT2D eigenvalue weighted by molar-refractivity contribution is 6.04. The molecule has 0 saturated carbocycles. The molecule has 2 rings (SSSR count). The van der Waals surface area contributed by atoms with Crippen LogP contribution in [0.15, 0.2) is 42.6 Å². The number of hydrogen-bond donors (Lipinski definition) is 2. The maximum Gasteiger partial charge on any atom is 0.175 e. The lowest BCUT2D eigenvalue weighted by atomic mass is 9.90. The molecule has 0 bridgehead atoms. The van der Waals surface area contributed by atoms with Gasteiger partial charge >= 0.3 is 0 Å². The monoisotopic (exact) mass is 255 g/mol. The van der Waals surface area contributed by atoms with Gasteiger partial charge in [0.05, 0.1) is 11.5 Å². The number of pyridine rings is 1. The number of carbonyl (C=O) groups excluding carboxylic acids is 1. The highest BCUT2D eigenvalue weighted by atomic mass is 16.1. The summed E-state index contributed by atoms with van der Waals surface area (Å²) >= 11 is 0. The largest absolute Gasteiger partial charge is 0.383 e. The summed E-state index contributed by atoms with van der Waals surface area (Å²) in [5, 5.41) is 0. The molecule has 1 unspecified atom stereocenters. The van der Waals surface area contributed by atoms with E-state index in [0.717, 1.165) is 11.1 Å². The van der Waals surface area contributed by atoms with Gasteiger partial charge in [0, 0.05) is 12.7 Å². The number of aromatic nitrogens is 1. The summed E-state index contributed by atoms with van der Waals surface area (Å²) in [7, 11) is 0. The van der Waals surface area contributed by atoms with Gasteiger partial charge in [-0.25, -0.2) is 4.98 Å². The summed E-state index contributed by atoms with van der Waals surface area (Å²) in [5.74, 6) is -0.209. The zero-order valence-corrected chi connectivity index (χ0v) is 10.8. The van der Waals surface area contributed by atoms with Crippen LogP contribution in [0.3, 0.4) is 0 Å². The predicted molar refractivity (Wildman–Crippen MR) is 76.0 cm³/mol. The molecule has 98 valence electrons. The van der Waals surface area contributed by atoms with Crippen LogP contribution >= 0.6 is 0 Å². The van der Waals surface area contributed by atoms with Crippen molar-refractivity contribution < 1.29 is 4.79 Å². The third kappa shape index (κ3) is 2.80. The Morgan fingerprint density at radius 2 is 2.00 bits per heavy atom. The molecule has 0 amide bonds. The number of ketones is 1. The van der Waals surface area contributed by atoms with Gasteiger partial charge in [0.2, 0.25) is 0 Å². The number of nitrogens with zero attached hydrogens (tertiary/aromatic N) is 1. The maximum absolute atomic E-state index is 12.5. The van der Waals surface area contributed by atoms with Crippen molar-refractivity contribution in [3.8, 4) is 0 Å². The Kier molecular flexibility index (Phi) is 3.92. The first-order valence-electron chi connectivity index (χ1n) is 6.15. The fraction of sp³-hybridized carbons (Fsp3) is 0.200. The first-order valence-corrected chi connectivity index (χ1v) is 6.15. The summed E-state index contributed by atoms with van der Waals surface area (Å²) < 4.78 is 0. The molecule has 1 aromatic heterocycles. The van der Waals surface area contributed by atoms with Crippen LogP contribution in [0.5, 0.6) is 0 Å². The Hall–Kier alpha value is -2.20. The fourth-order valence-electron chi connectivity index (χ4n) is 2.04. The van der Waals surface area contributed by atoms with Gasteiger partial charge in [0.1, 0.15) is 5.82 Å². The van der Waals surface area contributed by atoms with Gasteiger partial charge in [-0.3, -0.25) is 4.79 Å². The van der Waals surface area contributed by atoms with Crippen LogP contribution in [-0.4, -0.2) is 17.3 Å². The normalized spacial score (nSPS) is 12.1. The molecule has 4 heteroatoms. The number of nitrogen functional groups attached to an aromatic ring is 1. The van der Waals surface area contributed by atoms with Crippen molar-refractivity contribution in [2.24, 2.45) is 5.73 Å². The van der Waals surface area contributed by atoms with E-state index < -0.39 is 0 Å². The van der Waals surface area contributed by atoms with E-state index in [1.807, 2.05) is 37.3 Å². The van der Waals surface area contributed by atoms with Crippen LogP contribution in [0.1, 0.15) is 27.4 Å². The first-order chi connectivity index (χ1) is 9.13. The van der Waals surface area contributed by atoms with E-state index in [1.165, 1.54) is 0 Å². The predicted octanol–water partition coefficient (Wildman–Crippen LogP) is 1.90. The molecule has 0 fully saturated rings. The zero-order chi connectivity index (χ0) is 13.8. The van der Waals surface area contributed by atoms with Crippen molar-refractivity contribution in [2.75, 3.05) is 12.3 Å². The Morgan fingerprint density at radius 1 is 1.32 bits per heavy atom. The molecule has 2 aromatic rings. The Balaban J connectivity index is 2.39. The number of nitrogens with two attached hydrogens (primary N) is 2. The van der Waals surface area contributed by atoms with E-state index in [4.69, 9.17) is 11.5 Å². The van der Waals surface area contributed by atoms with Gasteiger partial charge in [-0.05, 0) is 24.1 Å². The topological polar surface area (TPSA) is 82.0 Å². The minimum absolute atomic E-state index is 0.0811. The molecule has 0 spiro atoms. The van der Waals surface area contributed by atoms with E-state index in [0.29, 0.717) is 5.56 Å². The molecule has 0 aliphatic carbocycles. The summed E-state index contributed by atoms with van der Waals surface area (Å²) in [6.45, 7) is 2.12. The Bertz CT molecular complexity index is 581. The smallest absolute Gasteiger partial charge is 0.175 e. The van der Waals surface area contributed by atoms with Crippen LogP contribution in [-0.2, 0) is 0 Å². The molecule has 0 aliphatic heterocycles. The third-order valence-corrected chi connectivity index (χ3v) is 3.07. The van der Waals surface area contributed by atoms with Crippen molar-refractivity contribution >= 4 is 11.6 Å². The van der Waals surface area contributed by atoms with Crippen LogP contribution in [0, 0.1) is 6.92 Å². The SMILES string of the molecule is Cc1cnc(N)c(C(=O)C(CN)c2ccccc2)c1. The average molecular weight is 255 g/mol. The number of benzene rings is 1. The molecule has 4 nitrogen and oxygen atoms in total. The number of anilines is 1. The molecule has 0 saturated heterocycles. The Morgan fingerprint density at radius 3 is 2.63 bits per heavy atom. The van der Waals surface area contributed by atoms with Gasteiger partial charge in [-0.1, -0.05) is 30.3 Å². The minimum atomic E-state index is -0.382. The second-order valence-electron chi connectivity index (χ2n) is 4.51. The standard InChI is InChI=1S/C15H17N3O/c1-10-7-12(15(17)18-9-10)14(19)13(8-16)11-5-3-2-4-6-11/h2-7,9,13H,8,16H2,1H3,(H2,17,18). The molecule has 1 aromatic carbocycles. The van der Waals surface area contributed by atoms with E-state index in [1.54, 1.807) is 12.3 Å². The third-order valence-electron chi connectivity index (χ3n) is 3.07. The van der Waals surface area contributed by atoms with Gasteiger partial charge in [0.15, 0.2) is 5.78 Å². The van der Waals surface area contributed by atoms with E-state index in [-0.39, 0.29) is 24.1 Å². The molecular formula is C15H17N3O. The van der Waals surface area contributed by atoms with Crippen molar-refractivity contribution in [1.82, 2.24) is 4.98 Å². The van der Waals surface area contributed by atoms with Crippen molar-refractivity contribution in [2.45, 2.75) is 12.8 Å². The summed E-state index contributed by atoms with van der Waals surface area (Å²) in [4.78, 5) is 16.6.